The first-order chi connectivity index (χ1) is 8.93. The molecule has 0 bridgehead atoms. The lowest BCUT2D eigenvalue weighted by atomic mass is 10.2. The van der Waals surface area contributed by atoms with Gasteiger partial charge in [0, 0.05) is 12.6 Å². The molecule has 0 aromatic heterocycles. The fourth-order valence-electron chi connectivity index (χ4n) is 1.27. The van der Waals surface area contributed by atoms with E-state index in [0.717, 1.165) is 5.01 Å². The molecule has 0 atom stereocenters. The van der Waals surface area contributed by atoms with Crippen LogP contribution >= 0.6 is 0 Å². The Balaban J connectivity index is 2.97. The van der Waals surface area contributed by atoms with Crippen molar-refractivity contribution in [1.29, 1.82) is 0 Å². The predicted octanol–water partition coefficient (Wildman–Crippen LogP) is 0.809. The van der Waals surface area contributed by atoms with Crippen LogP contribution in [-0.2, 0) is 4.79 Å². The molecule has 1 rings (SSSR count). The molecule has 0 fully saturated rings. The van der Waals surface area contributed by atoms with Gasteiger partial charge in [-0.3, -0.25) is 14.6 Å². The largest absolute Gasteiger partial charge is 0.494 e. The van der Waals surface area contributed by atoms with Crippen molar-refractivity contribution in [2.45, 2.75) is 0 Å². The third-order valence-corrected chi connectivity index (χ3v) is 2.13. The molecule has 8 nitrogen and oxygen atoms in total. The van der Waals surface area contributed by atoms with E-state index in [1.54, 1.807) is 0 Å². The second kappa shape index (κ2) is 6.34. The summed E-state index contributed by atoms with van der Waals surface area (Å²) in [4.78, 5) is 21.5. The van der Waals surface area contributed by atoms with Gasteiger partial charge in [-0.05, 0) is 18.2 Å². The van der Waals surface area contributed by atoms with Crippen LogP contribution in [0.4, 0.5) is 5.69 Å². The van der Waals surface area contributed by atoms with Gasteiger partial charge >= 0.3 is 5.97 Å². The quantitative estimate of drug-likeness (QED) is 0.583. The minimum atomic E-state index is -1.03. The number of likely N-dealkylation sites (N-methyl/N-ethyl adjacent to an activating group) is 1. The van der Waals surface area contributed by atoms with E-state index >= 15 is 0 Å². The highest BCUT2D eigenvalue weighted by molar-refractivity contribution is 5.94. The highest BCUT2D eigenvalue weighted by atomic mass is 16.5. The summed E-state index contributed by atoms with van der Waals surface area (Å²) in [5.74, 6) is -1.23. The summed E-state index contributed by atoms with van der Waals surface area (Å²) in [7, 11) is 2.90. The molecule has 8 heteroatoms. The fraction of sp³-hybridized carbons (Fsp3) is 0.273. The normalized spacial score (nSPS) is 10.4. The van der Waals surface area contributed by atoms with Gasteiger partial charge in [-0.25, -0.2) is 0 Å². The first-order valence-electron chi connectivity index (χ1n) is 5.26. The van der Waals surface area contributed by atoms with Crippen molar-refractivity contribution in [2.24, 2.45) is 16.1 Å². The standard InChI is InChI=1S/C11H14N4O4/c1-15(6-10(16)17)14-13-8-5-7(11(12)18)3-4-9(8)19-2/h3-5H,6H2,1-2H3,(H2,12,18)(H,16,17)/b14-13+. The Morgan fingerprint density at radius 2 is 2.16 bits per heavy atom. The molecular weight excluding hydrogens is 252 g/mol. The number of aliphatic carboxylic acids is 1. The molecule has 0 heterocycles. The van der Waals surface area contributed by atoms with Gasteiger partial charge in [-0.1, -0.05) is 5.22 Å². The zero-order valence-corrected chi connectivity index (χ0v) is 10.5. The second-order valence-electron chi connectivity index (χ2n) is 3.65. The van der Waals surface area contributed by atoms with Crippen molar-refractivity contribution >= 4 is 17.6 Å². The number of nitrogens with two attached hydrogens (primary N) is 1. The van der Waals surface area contributed by atoms with E-state index in [1.165, 1.54) is 32.4 Å². The van der Waals surface area contributed by atoms with E-state index in [2.05, 4.69) is 10.3 Å². The average molecular weight is 266 g/mol. The molecule has 0 radical (unpaired) electrons. The molecule has 1 aromatic rings. The molecular formula is C11H14N4O4. The highest BCUT2D eigenvalue weighted by Gasteiger charge is 2.08. The van der Waals surface area contributed by atoms with E-state index in [0.29, 0.717) is 5.75 Å². The maximum atomic E-state index is 11.1. The molecule has 1 aromatic carbocycles. The molecule has 0 saturated carbocycles. The lowest BCUT2D eigenvalue weighted by molar-refractivity contribution is -0.138. The zero-order chi connectivity index (χ0) is 14.4. The number of amides is 1. The summed E-state index contributed by atoms with van der Waals surface area (Å²) in [5.41, 5.74) is 5.70. The van der Waals surface area contributed by atoms with Crippen LogP contribution < -0.4 is 10.5 Å². The number of carbonyl (C=O) groups is 2. The van der Waals surface area contributed by atoms with Crippen LogP contribution in [0.25, 0.3) is 0 Å². The summed E-state index contributed by atoms with van der Waals surface area (Å²) in [6.07, 6.45) is 0. The zero-order valence-electron chi connectivity index (χ0n) is 10.5. The van der Waals surface area contributed by atoms with Crippen LogP contribution in [0.15, 0.2) is 28.5 Å². The first kappa shape index (κ1) is 14.4. The van der Waals surface area contributed by atoms with Gasteiger partial charge in [0.1, 0.15) is 18.0 Å². The van der Waals surface area contributed by atoms with Crippen LogP contribution in [0.3, 0.4) is 0 Å². The number of rotatable bonds is 6. The van der Waals surface area contributed by atoms with Gasteiger partial charge in [-0.2, -0.15) is 0 Å². The summed E-state index contributed by atoms with van der Waals surface area (Å²) in [6, 6.07) is 4.45. The topological polar surface area (TPSA) is 118 Å². The van der Waals surface area contributed by atoms with Gasteiger partial charge in [0.05, 0.1) is 7.11 Å². The Hall–Kier alpha value is -2.64. The number of hydrogen-bond donors (Lipinski definition) is 2. The van der Waals surface area contributed by atoms with Crippen LogP contribution in [0.2, 0.25) is 0 Å². The number of hydrogen-bond acceptors (Lipinski definition) is 5. The number of primary amides is 1. The minimum absolute atomic E-state index is 0.260. The Bertz CT molecular complexity index is 515. The summed E-state index contributed by atoms with van der Waals surface area (Å²) in [6.45, 7) is -0.290. The van der Waals surface area contributed by atoms with Crippen molar-refractivity contribution in [3.63, 3.8) is 0 Å². The maximum Gasteiger partial charge on any atom is 0.324 e. The predicted molar refractivity (Wildman–Crippen MR) is 66.3 cm³/mol. The van der Waals surface area contributed by atoms with Crippen molar-refractivity contribution in [3.05, 3.63) is 23.8 Å². The number of ether oxygens (including phenoxy) is 1. The van der Waals surface area contributed by atoms with E-state index < -0.39 is 11.9 Å². The monoisotopic (exact) mass is 266 g/mol. The molecule has 0 spiro atoms. The fourth-order valence-corrected chi connectivity index (χ4v) is 1.27. The van der Waals surface area contributed by atoms with Gasteiger partial charge in [0.2, 0.25) is 5.91 Å². The second-order valence-corrected chi connectivity index (χ2v) is 3.65. The highest BCUT2D eigenvalue weighted by Crippen LogP contribution is 2.28. The summed E-state index contributed by atoms with van der Waals surface area (Å²) in [5, 5.41) is 17.2. The summed E-state index contributed by atoms with van der Waals surface area (Å²) < 4.78 is 5.05. The van der Waals surface area contributed by atoms with E-state index in [-0.39, 0.29) is 17.8 Å². The van der Waals surface area contributed by atoms with Crippen LogP contribution in [0.5, 0.6) is 5.75 Å². The van der Waals surface area contributed by atoms with Crippen LogP contribution in [-0.4, -0.2) is 42.7 Å². The Morgan fingerprint density at radius 3 is 2.68 bits per heavy atom. The van der Waals surface area contributed by atoms with Crippen LogP contribution in [0, 0.1) is 0 Å². The average Bonchev–Trinajstić information content (AvgIpc) is 2.35. The number of carboxylic acid groups (broad SMARTS) is 1. The third-order valence-electron chi connectivity index (χ3n) is 2.13. The SMILES string of the molecule is COc1ccc(C(N)=O)cc1/N=N/N(C)CC(=O)O. The number of carbonyl (C=O) groups excluding carboxylic acids is 1. The van der Waals surface area contributed by atoms with Crippen molar-refractivity contribution in [2.75, 3.05) is 20.7 Å². The maximum absolute atomic E-state index is 11.1. The Kier molecular flexibility index (Phi) is 4.81. The number of benzene rings is 1. The van der Waals surface area contributed by atoms with Gasteiger partial charge in [0.15, 0.2) is 0 Å². The lowest BCUT2D eigenvalue weighted by Crippen LogP contribution is -2.19. The molecule has 1 amide bonds. The molecule has 0 saturated heterocycles. The van der Waals surface area contributed by atoms with Crippen LogP contribution in [0.1, 0.15) is 10.4 Å². The number of methoxy groups -OCH3 is 1. The first-order valence-corrected chi connectivity index (χ1v) is 5.26. The number of carboxylic acids is 1. The Labute approximate surface area is 109 Å². The third kappa shape index (κ3) is 4.26. The van der Waals surface area contributed by atoms with Crippen molar-refractivity contribution in [3.8, 4) is 5.75 Å². The number of nitrogens with zero attached hydrogens (tertiary/aromatic N) is 3. The molecule has 0 aliphatic carbocycles. The molecule has 19 heavy (non-hydrogen) atoms. The molecule has 102 valence electrons. The molecule has 0 aliphatic rings. The van der Waals surface area contributed by atoms with Crippen molar-refractivity contribution in [1.82, 2.24) is 5.01 Å². The van der Waals surface area contributed by atoms with Gasteiger partial charge < -0.3 is 15.6 Å². The molecule has 0 unspecified atom stereocenters. The summed E-state index contributed by atoms with van der Waals surface area (Å²) >= 11 is 0. The smallest absolute Gasteiger partial charge is 0.324 e. The van der Waals surface area contributed by atoms with Gasteiger partial charge in [0.25, 0.3) is 0 Å². The molecule has 3 N–H and O–H groups in total. The van der Waals surface area contributed by atoms with Crippen molar-refractivity contribution < 1.29 is 19.4 Å². The Morgan fingerprint density at radius 1 is 1.47 bits per heavy atom. The van der Waals surface area contributed by atoms with E-state index in [9.17, 15) is 9.59 Å². The van der Waals surface area contributed by atoms with E-state index in [1.807, 2.05) is 0 Å². The minimum Gasteiger partial charge on any atom is -0.494 e. The van der Waals surface area contributed by atoms with E-state index in [4.69, 9.17) is 15.6 Å². The molecule has 0 aliphatic heterocycles. The lowest BCUT2D eigenvalue weighted by Gasteiger charge is -2.08. The van der Waals surface area contributed by atoms with Gasteiger partial charge in [-0.15, -0.1) is 5.11 Å².